The van der Waals surface area contributed by atoms with Gasteiger partial charge in [-0.3, -0.25) is 0 Å². The second-order valence-corrected chi connectivity index (χ2v) is 2.97. The molecule has 0 heterocycles. The molecule has 0 spiro atoms. The molecule has 0 aromatic heterocycles. The zero-order valence-corrected chi connectivity index (χ0v) is 7.54. The highest BCUT2D eigenvalue weighted by atomic mass is 16.3. The van der Waals surface area contributed by atoms with Crippen LogP contribution in [0.25, 0.3) is 0 Å². The fraction of sp³-hybridized carbons (Fsp3) is 0.750. The van der Waals surface area contributed by atoms with Gasteiger partial charge in [0.25, 0.3) is 0 Å². The summed E-state index contributed by atoms with van der Waals surface area (Å²) in [6.45, 7) is 2.63. The Balaban J connectivity index is 3.57. The van der Waals surface area contributed by atoms with Crippen molar-refractivity contribution in [3.8, 4) is 0 Å². The number of aliphatic hydroxyl groups excluding tert-OH is 1. The molecule has 11 heavy (non-hydrogen) atoms. The molecule has 66 valence electrons. The maximum Gasteiger partial charge on any atom is 0.0901 e. The number of hydrogen-bond acceptors (Lipinski definition) is 3. The van der Waals surface area contributed by atoms with Crippen LogP contribution in [0.2, 0.25) is 0 Å². The summed E-state index contributed by atoms with van der Waals surface area (Å²) < 4.78 is 0. The van der Waals surface area contributed by atoms with Crippen molar-refractivity contribution in [1.29, 1.82) is 0 Å². The van der Waals surface area contributed by atoms with Gasteiger partial charge >= 0.3 is 0 Å². The molecule has 0 aromatic rings. The third-order valence-corrected chi connectivity index (χ3v) is 1.44. The Hall–Kier alpha value is -0.540. The molecule has 0 saturated carbocycles. The molecular formula is C8H18N2O. The monoisotopic (exact) mass is 158 g/mol. The van der Waals surface area contributed by atoms with E-state index in [0.717, 1.165) is 13.0 Å². The molecule has 0 amide bonds. The van der Waals surface area contributed by atoms with E-state index in [1.54, 1.807) is 6.92 Å². The van der Waals surface area contributed by atoms with Crippen molar-refractivity contribution in [3.63, 3.8) is 0 Å². The first-order valence-electron chi connectivity index (χ1n) is 3.82. The highest BCUT2D eigenvalue weighted by Crippen LogP contribution is 1.95. The van der Waals surface area contributed by atoms with Crippen molar-refractivity contribution < 1.29 is 5.11 Å². The summed E-state index contributed by atoms with van der Waals surface area (Å²) >= 11 is 0. The lowest BCUT2D eigenvalue weighted by Gasteiger charge is -2.08. The fourth-order valence-corrected chi connectivity index (χ4v) is 0.660. The first-order chi connectivity index (χ1) is 5.04. The van der Waals surface area contributed by atoms with Gasteiger partial charge in [-0.15, -0.1) is 0 Å². The van der Waals surface area contributed by atoms with E-state index in [1.165, 1.54) is 0 Å². The maximum atomic E-state index is 8.98. The molecule has 0 fully saturated rings. The minimum absolute atomic E-state index is 0.517. The summed E-state index contributed by atoms with van der Waals surface area (Å²) in [5.41, 5.74) is 6.06. The van der Waals surface area contributed by atoms with Crippen LogP contribution in [0.15, 0.2) is 11.8 Å². The zero-order valence-electron chi connectivity index (χ0n) is 7.54. The largest absolute Gasteiger partial charge is 0.400 e. The van der Waals surface area contributed by atoms with Crippen molar-refractivity contribution in [2.24, 2.45) is 5.73 Å². The van der Waals surface area contributed by atoms with Crippen molar-refractivity contribution in [2.45, 2.75) is 19.4 Å². The van der Waals surface area contributed by atoms with E-state index in [9.17, 15) is 0 Å². The Morgan fingerprint density at radius 2 is 2.18 bits per heavy atom. The molecule has 3 nitrogen and oxygen atoms in total. The minimum Gasteiger partial charge on any atom is -0.400 e. The molecule has 0 radical (unpaired) electrons. The number of nitrogens with zero attached hydrogens (tertiary/aromatic N) is 1. The standard InChI is InChI=1S/C8H18N2O/c1-7(11)8(9)5-4-6-10(2)3/h5,7,11H,4,6,9H2,1-3H3. The van der Waals surface area contributed by atoms with Gasteiger partial charge in [0.15, 0.2) is 0 Å². The molecule has 1 unspecified atom stereocenters. The molecule has 0 aliphatic carbocycles. The summed E-state index contributed by atoms with van der Waals surface area (Å²) in [4.78, 5) is 2.08. The number of aliphatic hydroxyl groups is 1. The van der Waals surface area contributed by atoms with Crippen LogP contribution in [-0.2, 0) is 0 Å². The molecule has 0 saturated heterocycles. The van der Waals surface area contributed by atoms with Gasteiger partial charge in [-0.05, 0) is 27.4 Å². The Morgan fingerprint density at radius 1 is 1.64 bits per heavy atom. The van der Waals surface area contributed by atoms with Gasteiger partial charge in [0, 0.05) is 12.2 Å². The van der Waals surface area contributed by atoms with Gasteiger partial charge in [-0.1, -0.05) is 6.08 Å². The second kappa shape index (κ2) is 5.16. The smallest absolute Gasteiger partial charge is 0.0901 e. The summed E-state index contributed by atoms with van der Waals surface area (Å²) in [6.07, 6.45) is 2.24. The Kier molecular flexibility index (Phi) is 4.90. The second-order valence-electron chi connectivity index (χ2n) is 2.97. The van der Waals surface area contributed by atoms with Crippen LogP contribution in [-0.4, -0.2) is 36.8 Å². The predicted octanol–water partition coefficient (Wildman–Crippen LogP) is 0.161. The third kappa shape index (κ3) is 5.88. The SMILES string of the molecule is CC(O)C(N)=CCCN(C)C. The highest BCUT2D eigenvalue weighted by Gasteiger charge is 1.97. The molecule has 0 aromatic carbocycles. The predicted molar refractivity (Wildman–Crippen MR) is 47.1 cm³/mol. The lowest BCUT2D eigenvalue weighted by Crippen LogP contribution is -2.15. The van der Waals surface area contributed by atoms with Gasteiger partial charge in [0.1, 0.15) is 0 Å². The van der Waals surface area contributed by atoms with Crippen LogP contribution in [0.1, 0.15) is 13.3 Å². The van der Waals surface area contributed by atoms with Gasteiger partial charge in [-0.25, -0.2) is 0 Å². The third-order valence-electron chi connectivity index (χ3n) is 1.44. The van der Waals surface area contributed by atoms with Crippen molar-refractivity contribution in [1.82, 2.24) is 4.90 Å². The first-order valence-corrected chi connectivity index (χ1v) is 3.82. The lowest BCUT2D eigenvalue weighted by atomic mass is 10.2. The van der Waals surface area contributed by atoms with E-state index in [1.807, 2.05) is 20.2 Å². The van der Waals surface area contributed by atoms with Crippen molar-refractivity contribution in [3.05, 3.63) is 11.8 Å². The number of hydrogen-bond donors (Lipinski definition) is 2. The van der Waals surface area contributed by atoms with Crippen LogP contribution < -0.4 is 5.73 Å². The van der Waals surface area contributed by atoms with E-state index in [0.29, 0.717) is 5.70 Å². The maximum absolute atomic E-state index is 8.98. The summed E-state index contributed by atoms with van der Waals surface area (Å²) in [5.74, 6) is 0. The highest BCUT2D eigenvalue weighted by molar-refractivity contribution is 5.01. The zero-order chi connectivity index (χ0) is 8.85. The van der Waals surface area contributed by atoms with Gasteiger partial charge in [-0.2, -0.15) is 0 Å². The summed E-state index contributed by atoms with van der Waals surface area (Å²) in [5, 5.41) is 8.98. The van der Waals surface area contributed by atoms with Crippen LogP contribution in [0, 0.1) is 0 Å². The van der Waals surface area contributed by atoms with Crippen molar-refractivity contribution >= 4 is 0 Å². The molecular weight excluding hydrogens is 140 g/mol. The Morgan fingerprint density at radius 3 is 2.55 bits per heavy atom. The van der Waals surface area contributed by atoms with Gasteiger partial charge in [0.05, 0.1) is 6.10 Å². The molecule has 3 heteroatoms. The van der Waals surface area contributed by atoms with Crippen LogP contribution in [0.3, 0.4) is 0 Å². The Labute approximate surface area is 68.5 Å². The van der Waals surface area contributed by atoms with E-state index in [2.05, 4.69) is 4.90 Å². The van der Waals surface area contributed by atoms with E-state index >= 15 is 0 Å². The normalized spacial score (nSPS) is 15.5. The van der Waals surface area contributed by atoms with E-state index in [4.69, 9.17) is 10.8 Å². The van der Waals surface area contributed by atoms with Crippen LogP contribution in [0.5, 0.6) is 0 Å². The van der Waals surface area contributed by atoms with Gasteiger partial charge < -0.3 is 15.7 Å². The van der Waals surface area contributed by atoms with E-state index in [-0.39, 0.29) is 0 Å². The lowest BCUT2D eigenvalue weighted by molar-refractivity contribution is 0.229. The summed E-state index contributed by atoms with van der Waals surface area (Å²) in [7, 11) is 4.01. The molecule has 0 aliphatic rings. The summed E-state index contributed by atoms with van der Waals surface area (Å²) in [6, 6.07) is 0. The molecule has 0 rings (SSSR count). The van der Waals surface area contributed by atoms with Crippen molar-refractivity contribution in [2.75, 3.05) is 20.6 Å². The topological polar surface area (TPSA) is 49.5 Å². The van der Waals surface area contributed by atoms with E-state index < -0.39 is 6.10 Å². The number of nitrogens with two attached hydrogens (primary N) is 1. The Bertz CT molecular complexity index is 130. The quantitative estimate of drug-likeness (QED) is 0.613. The molecule has 1 atom stereocenters. The fourth-order valence-electron chi connectivity index (χ4n) is 0.660. The minimum atomic E-state index is -0.517. The average Bonchev–Trinajstić information content (AvgIpc) is 1.86. The average molecular weight is 158 g/mol. The van der Waals surface area contributed by atoms with Crippen LogP contribution in [0.4, 0.5) is 0 Å². The van der Waals surface area contributed by atoms with Crippen LogP contribution >= 0.6 is 0 Å². The van der Waals surface area contributed by atoms with Gasteiger partial charge in [0.2, 0.25) is 0 Å². The molecule has 3 N–H and O–H groups in total. The molecule has 0 aliphatic heterocycles. The first kappa shape index (κ1) is 10.5. The molecule has 0 bridgehead atoms. The number of rotatable bonds is 4.